The summed E-state index contributed by atoms with van der Waals surface area (Å²) in [5, 5.41) is 4.86. The van der Waals surface area contributed by atoms with Crippen molar-refractivity contribution < 1.29 is 14.1 Å². The Morgan fingerprint density at radius 3 is 2.89 bits per heavy atom. The van der Waals surface area contributed by atoms with Gasteiger partial charge in [0.1, 0.15) is 23.7 Å². The molecule has 0 radical (unpaired) electrons. The highest BCUT2D eigenvalue weighted by Gasteiger charge is 2.18. The van der Waals surface area contributed by atoms with Crippen LogP contribution in [0, 0.1) is 0 Å². The van der Waals surface area contributed by atoms with E-state index in [0.29, 0.717) is 18.1 Å². The van der Waals surface area contributed by atoms with Crippen molar-refractivity contribution in [2.75, 3.05) is 7.05 Å². The summed E-state index contributed by atoms with van der Waals surface area (Å²) in [7, 11) is 3.58. The van der Waals surface area contributed by atoms with Gasteiger partial charge in [0.15, 0.2) is 11.5 Å². The van der Waals surface area contributed by atoms with Crippen molar-refractivity contribution in [1.82, 2.24) is 24.6 Å². The standard InChI is InChI=1S/C20H19N5O3/c1-24-10-9-21-18(24)12-25(2)20(26)16-11-15(28-23-16)13-27-17-7-3-5-14-6-4-8-22-19(14)17/h3-11H,12-13H2,1-2H3. The Morgan fingerprint density at radius 1 is 1.21 bits per heavy atom. The Hall–Kier alpha value is -3.68. The lowest BCUT2D eigenvalue weighted by molar-refractivity contribution is 0.0770. The average Bonchev–Trinajstić information content (AvgIpc) is 3.35. The minimum absolute atomic E-state index is 0.152. The van der Waals surface area contributed by atoms with Crippen LogP contribution in [0.15, 0.2) is 59.5 Å². The number of carbonyl (C=O) groups is 1. The SMILES string of the molecule is CN(Cc1nccn1C)C(=O)c1cc(COc2cccc3cccnc23)on1. The molecule has 0 atom stereocenters. The van der Waals surface area contributed by atoms with Crippen LogP contribution in [-0.4, -0.2) is 37.5 Å². The summed E-state index contributed by atoms with van der Waals surface area (Å²) in [5.74, 6) is 1.65. The summed E-state index contributed by atoms with van der Waals surface area (Å²) in [4.78, 5) is 22.7. The molecular weight excluding hydrogens is 358 g/mol. The van der Waals surface area contributed by atoms with E-state index in [1.165, 1.54) is 0 Å². The number of para-hydroxylation sites is 1. The third-order valence-electron chi connectivity index (χ3n) is 4.39. The topological polar surface area (TPSA) is 86.3 Å². The molecule has 0 bridgehead atoms. The Morgan fingerprint density at radius 2 is 2.07 bits per heavy atom. The van der Waals surface area contributed by atoms with Crippen LogP contribution in [-0.2, 0) is 20.2 Å². The van der Waals surface area contributed by atoms with Crippen molar-refractivity contribution in [3.05, 3.63) is 72.3 Å². The van der Waals surface area contributed by atoms with Crippen molar-refractivity contribution in [1.29, 1.82) is 0 Å². The van der Waals surface area contributed by atoms with Crippen LogP contribution in [0.3, 0.4) is 0 Å². The third kappa shape index (κ3) is 3.57. The molecule has 0 unspecified atom stereocenters. The molecule has 3 heterocycles. The molecule has 1 aromatic carbocycles. The van der Waals surface area contributed by atoms with Gasteiger partial charge in [-0.3, -0.25) is 9.78 Å². The Kier molecular flexibility index (Phi) is 4.76. The van der Waals surface area contributed by atoms with Gasteiger partial charge in [-0.2, -0.15) is 0 Å². The molecule has 0 aliphatic heterocycles. The number of hydrogen-bond donors (Lipinski definition) is 0. The first-order valence-corrected chi connectivity index (χ1v) is 8.75. The maximum Gasteiger partial charge on any atom is 0.276 e. The first kappa shape index (κ1) is 17.7. The van der Waals surface area contributed by atoms with Gasteiger partial charge in [0.2, 0.25) is 0 Å². The summed E-state index contributed by atoms with van der Waals surface area (Å²) < 4.78 is 13.0. The fourth-order valence-electron chi connectivity index (χ4n) is 2.85. The first-order chi connectivity index (χ1) is 13.6. The normalized spacial score (nSPS) is 10.9. The van der Waals surface area contributed by atoms with Gasteiger partial charge < -0.3 is 18.7 Å². The quantitative estimate of drug-likeness (QED) is 0.514. The summed E-state index contributed by atoms with van der Waals surface area (Å²) >= 11 is 0. The van der Waals surface area contributed by atoms with E-state index < -0.39 is 0 Å². The van der Waals surface area contributed by atoms with Gasteiger partial charge in [0.05, 0.1) is 6.54 Å². The number of carbonyl (C=O) groups excluding carboxylic acids is 1. The van der Waals surface area contributed by atoms with Crippen molar-refractivity contribution in [2.45, 2.75) is 13.2 Å². The number of amides is 1. The highest BCUT2D eigenvalue weighted by atomic mass is 16.5. The van der Waals surface area contributed by atoms with Crippen LogP contribution in [0.25, 0.3) is 10.9 Å². The summed E-state index contributed by atoms with van der Waals surface area (Å²) in [6.07, 6.45) is 5.25. The molecule has 4 aromatic rings. The minimum atomic E-state index is -0.246. The molecule has 0 aliphatic rings. The smallest absolute Gasteiger partial charge is 0.276 e. The fourth-order valence-corrected chi connectivity index (χ4v) is 2.85. The van der Waals surface area contributed by atoms with Gasteiger partial charge in [-0.15, -0.1) is 0 Å². The Bertz CT molecular complexity index is 1110. The van der Waals surface area contributed by atoms with Gasteiger partial charge in [-0.25, -0.2) is 4.98 Å². The Balaban J connectivity index is 1.42. The molecule has 0 N–H and O–H groups in total. The number of nitrogens with zero attached hydrogens (tertiary/aromatic N) is 5. The molecule has 4 rings (SSSR count). The number of imidazole rings is 1. The molecule has 1 amide bonds. The zero-order chi connectivity index (χ0) is 19.5. The zero-order valence-electron chi connectivity index (χ0n) is 15.6. The number of fused-ring (bicyclic) bond motifs is 1. The van der Waals surface area contributed by atoms with E-state index in [2.05, 4.69) is 15.1 Å². The number of hydrogen-bond acceptors (Lipinski definition) is 6. The monoisotopic (exact) mass is 377 g/mol. The van der Waals surface area contributed by atoms with E-state index >= 15 is 0 Å². The van der Waals surface area contributed by atoms with Gasteiger partial charge >= 0.3 is 0 Å². The highest BCUT2D eigenvalue weighted by molar-refractivity contribution is 5.92. The summed E-state index contributed by atoms with van der Waals surface area (Å²) in [6.45, 7) is 0.530. The van der Waals surface area contributed by atoms with Crippen LogP contribution in [0.1, 0.15) is 22.1 Å². The lowest BCUT2D eigenvalue weighted by atomic mass is 10.2. The Labute approximate surface area is 161 Å². The van der Waals surface area contributed by atoms with E-state index in [1.54, 1.807) is 30.4 Å². The first-order valence-electron chi connectivity index (χ1n) is 8.75. The van der Waals surface area contributed by atoms with Gasteiger partial charge in [-0.05, 0) is 12.1 Å². The number of pyridine rings is 1. The van der Waals surface area contributed by atoms with Crippen molar-refractivity contribution in [3.63, 3.8) is 0 Å². The summed E-state index contributed by atoms with van der Waals surface area (Å²) in [6, 6.07) is 11.2. The molecule has 0 spiro atoms. The van der Waals surface area contributed by atoms with Crippen LogP contribution in [0.4, 0.5) is 0 Å². The highest BCUT2D eigenvalue weighted by Crippen LogP contribution is 2.24. The number of rotatable bonds is 6. The predicted octanol–water partition coefficient (Wildman–Crippen LogP) is 2.81. The van der Waals surface area contributed by atoms with Crippen LogP contribution >= 0.6 is 0 Å². The third-order valence-corrected chi connectivity index (χ3v) is 4.39. The maximum absolute atomic E-state index is 12.6. The average molecular weight is 377 g/mol. The number of aryl methyl sites for hydroxylation is 1. The van der Waals surface area contributed by atoms with E-state index in [0.717, 1.165) is 16.7 Å². The molecule has 28 heavy (non-hydrogen) atoms. The maximum atomic E-state index is 12.6. The van der Waals surface area contributed by atoms with Gasteiger partial charge in [0.25, 0.3) is 5.91 Å². The van der Waals surface area contributed by atoms with Crippen LogP contribution in [0.2, 0.25) is 0 Å². The van der Waals surface area contributed by atoms with Gasteiger partial charge in [0, 0.05) is 44.1 Å². The van der Waals surface area contributed by atoms with E-state index in [4.69, 9.17) is 9.26 Å². The lowest BCUT2D eigenvalue weighted by Gasteiger charge is -2.14. The zero-order valence-corrected chi connectivity index (χ0v) is 15.6. The molecule has 0 aliphatic carbocycles. The van der Waals surface area contributed by atoms with E-state index in [1.807, 2.05) is 48.1 Å². The number of ether oxygens (including phenoxy) is 1. The fraction of sp³-hybridized carbons (Fsp3) is 0.200. The van der Waals surface area contributed by atoms with E-state index in [-0.39, 0.29) is 18.2 Å². The molecule has 0 saturated heterocycles. The molecule has 0 fully saturated rings. The van der Waals surface area contributed by atoms with Crippen molar-refractivity contribution in [3.8, 4) is 5.75 Å². The second-order valence-electron chi connectivity index (χ2n) is 6.41. The minimum Gasteiger partial charge on any atom is -0.483 e. The lowest BCUT2D eigenvalue weighted by Crippen LogP contribution is -2.27. The predicted molar refractivity (Wildman–Crippen MR) is 102 cm³/mol. The molecule has 8 heteroatoms. The van der Waals surface area contributed by atoms with E-state index in [9.17, 15) is 4.79 Å². The molecule has 8 nitrogen and oxygen atoms in total. The van der Waals surface area contributed by atoms with Crippen molar-refractivity contribution >= 4 is 16.8 Å². The van der Waals surface area contributed by atoms with Gasteiger partial charge in [-0.1, -0.05) is 23.4 Å². The number of benzene rings is 1. The van der Waals surface area contributed by atoms with Crippen LogP contribution < -0.4 is 4.74 Å². The summed E-state index contributed by atoms with van der Waals surface area (Å²) in [5.41, 5.74) is 1.00. The number of aromatic nitrogens is 4. The second kappa shape index (κ2) is 7.51. The molecule has 3 aromatic heterocycles. The largest absolute Gasteiger partial charge is 0.483 e. The van der Waals surface area contributed by atoms with Crippen molar-refractivity contribution in [2.24, 2.45) is 7.05 Å². The second-order valence-corrected chi connectivity index (χ2v) is 6.41. The van der Waals surface area contributed by atoms with Crippen LogP contribution in [0.5, 0.6) is 5.75 Å². The molecule has 0 saturated carbocycles. The molecule has 142 valence electrons. The molecular formula is C20H19N5O3.